The standard InChI is InChI=1S/C29H29N3O2/c1-2-3-10-19-34-24-17-15-23(16-18-24)28-25-26(22-13-8-5-9-14-22)30-31-27(25)29(33)32(28)20-21-11-6-4-7-12-21/h4-9,11-18,28H,2-3,10,19-20H2,1H3,(H,30,31). The monoisotopic (exact) mass is 451 g/mol. The number of H-pyrrole nitrogens is 1. The van der Waals surface area contributed by atoms with Gasteiger partial charge >= 0.3 is 0 Å². The minimum atomic E-state index is -0.231. The molecule has 0 spiro atoms. The topological polar surface area (TPSA) is 58.2 Å². The van der Waals surface area contributed by atoms with Gasteiger partial charge in [0.05, 0.1) is 18.3 Å². The predicted molar refractivity (Wildman–Crippen MR) is 134 cm³/mol. The van der Waals surface area contributed by atoms with E-state index in [2.05, 4.69) is 41.4 Å². The molecular weight excluding hydrogens is 422 g/mol. The van der Waals surface area contributed by atoms with Gasteiger partial charge in [-0.2, -0.15) is 5.10 Å². The Kier molecular flexibility index (Phi) is 6.43. The summed E-state index contributed by atoms with van der Waals surface area (Å²) in [5, 5.41) is 7.59. The summed E-state index contributed by atoms with van der Waals surface area (Å²) in [4.78, 5) is 15.5. The van der Waals surface area contributed by atoms with Crippen molar-refractivity contribution in [2.75, 3.05) is 6.61 Å². The van der Waals surface area contributed by atoms with Crippen molar-refractivity contribution < 1.29 is 9.53 Å². The molecule has 1 amide bonds. The van der Waals surface area contributed by atoms with Gasteiger partial charge in [-0.05, 0) is 29.7 Å². The van der Waals surface area contributed by atoms with E-state index in [0.717, 1.165) is 46.7 Å². The average Bonchev–Trinajstić information content (AvgIpc) is 3.43. The summed E-state index contributed by atoms with van der Waals surface area (Å²) in [5.41, 5.74) is 5.46. The number of hydrogen-bond acceptors (Lipinski definition) is 3. The Morgan fingerprint density at radius 1 is 0.912 bits per heavy atom. The van der Waals surface area contributed by atoms with Crippen LogP contribution in [0.15, 0.2) is 84.9 Å². The smallest absolute Gasteiger partial charge is 0.273 e. The molecule has 0 fully saturated rings. The number of benzene rings is 3. The normalized spacial score (nSPS) is 14.9. The molecule has 5 heteroatoms. The number of hydrogen-bond donors (Lipinski definition) is 1. The number of nitrogens with zero attached hydrogens (tertiary/aromatic N) is 2. The minimum absolute atomic E-state index is 0.0292. The van der Waals surface area contributed by atoms with Gasteiger partial charge in [0.25, 0.3) is 5.91 Å². The van der Waals surface area contributed by atoms with Crippen LogP contribution in [0.1, 0.15) is 59.4 Å². The fourth-order valence-corrected chi connectivity index (χ4v) is 4.59. The molecule has 0 saturated heterocycles. The highest BCUT2D eigenvalue weighted by molar-refractivity contribution is 6.00. The quantitative estimate of drug-likeness (QED) is 0.300. The number of unbranched alkanes of at least 4 members (excludes halogenated alkanes) is 2. The molecule has 1 unspecified atom stereocenters. The van der Waals surface area contributed by atoms with Gasteiger partial charge in [-0.1, -0.05) is 92.6 Å². The van der Waals surface area contributed by atoms with E-state index in [1.807, 2.05) is 65.6 Å². The van der Waals surface area contributed by atoms with Gasteiger partial charge in [-0.3, -0.25) is 9.89 Å². The van der Waals surface area contributed by atoms with Gasteiger partial charge in [0.1, 0.15) is 11.4 Å². The zero-order chi connectivity index (χ0) is 23.3. The van der Waals surface area contributed by atoms with Gasteiger partial charge < -0.3 is 9.64 Å². The third-order valence-electron chi connectivity index (χ3n) is 6.32. The summed E-state index contributed by atoms with van der Waals surface area (Å²) in [6.45, 7) is 3.43. The largest absolute Gasteiger partial charge is 0.494 e. The van der Waals surface area contributed by atoms with Crippen LogP contribution in [0.4, 0.5) is 0 Å². The van der Waals surface area contributed by atoms with Crippen molar-refractivity contribution in [3.63, 3.8) is 0 Å². The third kappa shape index (κ3) is 4.34. The molecule has 5 nitrogen and oxygen atoms in total. The van der Waals surface area contributed by atoms with Crippen LogP contribution in [0.25, 0.3) is 11.3 Å². The van der Waals surface area contributed by atoms with E-state index in [4.69, 9.17) is 4.74 Å². The Bertz CT molecular complexity index is 1230. The highest BCUT2D eigenvalue weighted by atomic mass is 16.5. The third-order valence-corrected chi connectivity index (χ3v) is 6.32. The molecule has 0 bridgehead atoms. The second-order valence-electron chi connectivity index (χ2n) is 8.67. The van der Waals surface area contributed by atoms with Gasteiger partial charge in [-0.25, -0.2) is 0 Å². The van der Waals surface area contributed by atoms with Crippen molar-refractivity contribution in [1.82, 2.24) is 15.1 Å². The van der Waals surface area contributed by atoms with Crippen molar-refractivity contribution in [2.45, 2.75) is 38.8 Å². The van der Waals surface area contributed by atoms with E-state index in [0.29, 0.717) is 12.2 Å². The Balaban J connectivity index is 1.51. The molecule has 4 aromatic rings. The van der Waals surface area contributed by atoms with E-state index in [-0.39, 0.29) is 11.9 Å². The molecule has 1 atom stereocenters. The van der Waals surface area contributed by atoms with Gasteiger partial charge in [0.2, 0.25) is 0 Å². The fourth-order valence-electron chi connectivity index (χ4n) is 4.59. The molecule has 1 aliphatic rings. The first kappa shape index (κ1) is 22.0. The van der Waals surface area contributed by atoms with Crippen LogP contribution in [0.3, 0.4) is 0 Å². The highest BCUT2D eigenvalue weighted by Crippen LogP contribution is 2.43. The first-order valence-electron chi connectivity index (χ1n) is 12.0. The number of nitrogens with one attached hydrogen (secondary N) is 1. The summed E-state index contributed by atoms with van der Waals surface area (Å²) in [5.74, 6) is 0.827. The molecule has 0 radical (unpaired) electrons. The molecule has 1 aromatic heterocycles. The van der Waals surface area contributed by atoms with E-state index in [1.165, 1.54) is 12.8 Å². The van der Waals surface area contributed by atoms with E-state index < -0.39 is 0 Å². The molecule has 172 valence electrons. The molecule has 1 N–H and O–H groups in total. The maximum absolute atomic E-state index is 13.5. The lowest BCUT2D eigenvalue weighted by atomic mass is 9.96. The molecule has 1 aliphatic heterocycles. The number of carbonyl (C=O) groups is 1. The maximum Gasteiger partial charge on any atom is 0.273 e. The lowest BCUT2D eigenvalue weighted by molar-refractivity contribution is 0.0730. The SMILES string of the molecule is CCCCCOc1ccc(C2c3c(-c4ccccc4)n[nH]c3C(=O)N2Cc2ccccc2)cc1. The van der Waals surface area contributed by atoms with E-state index in [9.17, 15) is 4.79 Å². The predicted octanol–water partition coefficient (Wildman–Crippen LogP) is 6.39. The van der Waals surface area contributed by atoms with Crippen LogP contribution >= 0.6 is 0 Å². The fraction of sp³-hybridized carbons (Fsp3) is 0.241. The van der Waals surface area contributed by atoms with Gasteiger partial charge in [-0.15, -0.1) is 0 Å². The number of fused-ring (bicyclic) bond motifs is 1. The van der Waals surface area contributed by atoms with Crippen LogP contribution in [0.2, 0.25) is 0 Å². The van der Waals surface area contributed by atoms with Crippen molar-refractivity contribution in [2.24, 2.45) is 0 Å². The van der Waals surface area contributed by atoms with E-state index >= 15 is 0 Å². The molecule has 0 saturated carbocycles. The van der Waals surface area contributed by atoms with Gasteiger partial charge in [0.15, 0.2) is 0 Å². The lowest BCUT2D eigenvalue weighted by Gasteiger charge is -2.26. The van der Waals surface area contributed by atoms with Crippen molar-refractivity contribution >= 4 is 5.91 Å². The number of rotatable bonds is 9. The Morgan fingerprint density at radius 2 is 1.62 bits per heavy atom. The minimum Gasteiger partial charge on any atom is -0.494 e. The highest BCUT2D eigenvalue weighted by Gasteiger charge is 2.42. The zero-order valence-corrected chi connectivity index (χ0v) is 19.4. The second-order valence-corrected chi connectivity index (χ2v) is 8.67. The number of ether oxygens (including phenoxy) is 1. The van der Waals surface area contributed by atoms with Crippen LogP contribution in [-0.4, -0.2) is 27.6 Å². The average molecular weight is 452 g/mol. The summed E-state index contributed by atoms with van der Waals surface area (Å²) in [7, 11) is 0. The molecule has 2 heterocycles. The molecule has 5 rings (SSSR count). The molecule has 0 aliphatic carbocycles. The van der Waals surface area contributed by atoms with Gasteiger partial charge in [0, 0.05) is 17.7 Å². The second kappa shape index (κ2) is 9.96. The maximum atomic E-state index is 13.5. The van der Waals surface area contributed by atoms with E-state index in [1.54, 1.807) is 0 Å². The summed E-state index contributed by atoms with van der Waals surface area (Å²) >= 11 is 0. The first-order valence-corrected chi connectivity index (χ1v) is 12.0. The number of aromatic amines is 1. The van der Waals surface area contributed by atoms with Crippen molar-refractivity contribution in [3.8, 4) is 17.0 Å². The molecule has 34 heavy (non-hydrogen) atoms. The number of carbonyl (C=O) groups excluding carboxylic acids is 1. The summed E-state index contributed by atoms with van der Waals surface area (Å²) in [6.07, 6.45) is 3.40. The van der Waals surface area contributed by atoms with Crippen LogP contribution in [-0.2, 0) is 6.54 Å². The lowest BCUT2D eigenvalue weighted by Crippen LogP contribution is -2.29. The number of aromatic nitrogens is 2. The Labute approximate surface area is 200 Å². The molecular formula is C29H29N3O2. The van der Waals surface area contributed by atoms with Crippen LogP contribution in [0.5, 0.6) is 5.75 Å². The van der Waals surface area contributed by atoms with Crippen molar-refractivity contribution in [1.29, 1.82) is 0 Å². The summed E-state index contributed by atoms with van der Waals surface area (Å²) in [6, 6.07) is 28.1. The Hall–Kier alpha value is -3.86. The number of amides is 1. The van der Waals surface area contributed by atoms with Crippen molar-refractivity contribution in [3.05, 3.63) is 107 Å². The first-order chi connectivity index (χ1) is 16.8. The molecule has 3 aromatic carbocycles. The zero-order valence-electron chi connectivity index (χ0n) is 19.4. The summed E-state index contributed by atoms with van der Waals surface area (Å²) < 4.78 is 5.92. The van der Waals surface area contributed by atoms with Crippen LogP contribution in [0, 0.1) is 0 Å². The van der Waals surface area contributed by atoms with Crippen LogP contribution < -0.4 is 4.74 Å². The Morgan fingerprint density at radius 3 is 2.32 bits per heavy atom.